The second kappa shape index (κ2) is 8.65. The van der Waals surface area contributed by atoms with E-state index >= 15 is 0 Å². The summed E-state index contributed by atoms with van der Waals surface area (Å²) in [5.41, 5.74) is 6.11. The van der Waals surface area contributed by atoms with E-state index in [4.69, 9.17) is 9.72 Å². The van der Waals surface area contributed by atoms with Gasteiger partial charge in [-0.1, -0.05) is 24.3 Å². The van der Waals surface area contributed by atoms with Crippen LogP contribution in [-0.2, 0) is 24.4 Å². The van der Waals surface area contributed by atoms with Gasteiger partial charge in [-0.15, -0.1) is 0 Å². The summed E-state index contributed by atoms with van der Waals surface area (Å²) in [5, 5.41) is 22.6. The van der Waals surface area contributed by atoms with E-state index in [0.717, 1.165) is 72.0 Å². The molecule has 1 aliphatic carbocycles. The zero-order valence-corrected chi connectivity index (χ0v) is 20.3. The molecule has 1 saturated carbocycles. The van der Waals surface area contributed by atoms with E-state index < -0.39 is 11.4 Å². The molecule has 3 aromatic rings. The van der Waals surface area contributed by atoms with Gasteiger partial charge >= 0.3 is 5.97 Å². The molecule has 6 rings (SSSR count). The minimum Gasteiger partial charge on any atom is -0.488 e. The van der Waals surface area contributed by atoms with Crippen molar-refractivity contribution in [2.75, 3.05) is 24.5 Å². The summed E-state index contributed by atoms with van der Waals surface area (Å²) in [5.74, 6) is 1.09. The second-order valence-electron chi connectivity index (χ2n) is 10.2. The smallest absolute Gasteiger partial charge is 0.311 e. The summed E-state index contributed by atoms with van der Waals surface area (Å²) in [4.78, 5) is 18.7. The highest BCUT2D eigenvalue weighted by molar-refractivity contribution is 5.81. The largest absolute Gasteiger partial charge is 0.488 e. The summed E-state index contributed by atoms with van der Waals surface area (Å²) in [6.07, 6.45) is 1.67. The molecule has 0 unspecified atom stereocenters. The number of pyridine rings is 1. The fourth-order valence-electron chi connectivity index (χ4n) is 5.79. The highest BCUT2D eigenvalue weighted by atomic mass is 16.5. The number of carboxylic acids is 1. The highest BCUT2D eigenvalue weighted by Gasteiger charge is 2.65. The summed E-state index contributed by atoms with van der Waals surface area (Å²) in [6, 6.07) is 18.3. The van der Waals surface area contributed by atoms with Crippen LogP contribution >= 0.6 is 0 Å². The van der Waals surface area contributed by atoms with Gasteiger partial charge in [0.2, 0.25) is 0 Å². The third-order valence-corrected chi connectivity index (χ3v) is 7.90. The van der Waals surface area contributed by atoms with Gasteiger partial charge in [-0.3, -0.25) is 4.79 Å². The Morgan fingerprint density at radius 1 is 1.31 bits per heavy atom. The van der Waals surface area contributed by atoms with Crippen LogP contribution in [0.25, 0.3) is 11.3 Å². The molecule has 0 bridgehead atoms. The quantitative estimate of drug-likeness (QED) is 0.549. The first kappa shape index (κ1) is 22.6. The minimum absolute atomic E-state index is 0.212. The third-order valence-electron chi connectivity index (χ3n) is 7.90. The molecule has 1 saturated heterocycles. The van der Waals surface area contributed by atoms with Crippen LogP contribution in [0.3, 0.4) is 0 Å². The van der Waals surface area contributed by atoms with Gasteiger partial charge < -0.3 is 20.1 Å². The average molecular weight is 481 g/mol. The zero-order chi connectivity index (χ0) is 24.9. The summed E-state index contributed by atoms with van der Waals surface area (Å²) < 4.78 is 6.38. The van der Waals surface area contributed by atoms with Crippen molar-refractivity contribution in [2.24, 2.45) is 11.3 Å². The number of nitrogens with zero attached hydrogens (tertiary/aromatic N) is 3. The molecule has 2 N–H and O–H groups in total. The minimum atomic E-state index is -0.696. The topological polar surface area (TPSA) is 98.5 Å². The number of aromatic nitrogens is 1. The number of rotatable bonds is 6. The van der Waals surface area contributed by atoms with Crippen LogP contribution in [0.5, 0.6) is 5.75 Å². The lowest BCUT2D eigenvalue weighted by atomic mass is 9.94. The van der Waals surface area contributed by atoms with Crippen molar-refractivity contribution < 1.29 is 14.6 Å². The van der Waals surface area contributed by atoms with Gasteiger partial charge in [0.25, 0.3) is 0 Å². The van der Waals surface area contributed by atoms with Crippen molar-refractivity contribution >= 4 is 11.8 Å². The van der Waals surface area contributed by atoms with Crippen molar-refractivity contribution in [3.8, 4) is 23.1 Å². The number of benzene rings is 2. The summed E-state index contributed by atoms with van der Waals surface area (Å²) >= 11 is 0. The lowest BCUT2D eigenvalue weighted by Crippen LogP contribution is -2.29. The van der Waals surface area contributed by atoms with Crippen LogP contribution in [0.1, 0.15) is 34.2 Å². The number of aryl methyl sites for hydroxylation is 1. The fraction of sp³-hybridized carbons (Fsp3) is 0.345. The highest BCUT2D eigenvalue weighted by Crippen LogP contribution is 2.58. The lowest BCUT2D eigenvalue weighted by Gasteiger charge is -2.22. The number of anilines is 1. The van der Waals surface area contributed by atoms with Gasteiger partial charge in [0.15, 0.2) is 0 Å². The van der Waals surface area contributed by atoms with E-state index in [1.165, 1.54) is 5.56 Å². The molecule has 182 valence electrons. The van der Waals surface area contributed by atoms with E-state index in [9.17, 15) is 15.2 Å². The zero-order valence-electron chi connectivity index (χ0n) is 20.3. The van der Waals surface area contributed by atoms with Crippen LogP contribution in [0, 0.1) is 29.6 Å². The molecule has 0 spiro atoms. The van der Waals surface area contributed by atoms with Crippen LogP contribution < -0.4 is 15.0 Å². The van der Waals surface area contributed by atoms with E-state index in [0.29, 0.717) is 18.7 Å². The molecule has 2 fully saturated rings. The molecule has 0 amide bonds. The number of ether oxygens (including phenoxy) is 1. The second-order valence-corrected chi connectivity index (χ2v) is 10.2. The Balaban J connectivity index is 1.27. The van der Waals surface area contributed by atoms with Gasteiger partial charge in [-0.05, 0) is 78.7 Å². The normalized spacial score (nSPS) is 21.9. The number of hydrogen-bond donors (Lipinski definition) is 2. The number of aliphatic carboxylic acids is 1. The van der Waals surface area contributed by atoms with Crippen LogP contribution in [0.4, 0.5) is 5.82 Å². The molecular formula is C29H28N4O3. The molecule has 7 heteroatoms. The Bertz CT molecular complexity index is 1410. The number of nitriles is 1. The molecule has 36 heavy (non-hydrogen) atoms. The third kappa shape index (κ3) is 3.78. The predicted molar refractivity (Wildman–Crippen MR) is 136 cm³/mol. The van der Waals surface area contributed by atoms with Crippen molar-refractivity contribution in [3.05, 3.63) is 76.3 Å². The maximum Gasteiger partial charge on any atom is 0.311 e. The SMILES string of the molecule is Cc1cccc(-c2cccc(N3C[C@@H]4C[C@]4(C(=O)O)C3)n2)c1OCc1cc(C#N)c2c(c1)CCNC2. The van der Waals surface area contributed by atoms with Crippen LogP contribution in [-0.4, -0.2) is 35.7 Å². The number of fused-ring (bicyclic) bond motifs is 2. The summed E-state index contributed by atoms with van der Waals surface area (Å²) in [6.45, 7) is 5.27. The molecule has 7 nitrogen and oxygen atoms in total. The number of piperidine rings is 1. The Hall–Kier alpha value is -3.89. The summed E-state index contributed by atoms with van der Waals surface area (Å²) in [7, 11) is 0. The maximum absolute atomic E-state index is 11.7. The molecule has 1 aromatic heterocycles. The standard InChI is InChI=1S/C29H28N4O3/c1-18-4-2-5-23(25-6-3-7-26(32-25)33-15-22-12-29(22,17-33)28(34)35)27(18)36-16-19-10-20-8-9-31-14-24(20)21(11-19)13-30/h2-7,10-11,22,31H,8-9,12,14-17H2,1H3,(H,34,35)/t22-,29-/m0/s1. The van der Waals surface area contributed by atoms with Crippen molar-refractivity contribution in [1.82, 2.24) is 10.3 Å². The van der Waals surface area contributed by atoms with Crippen molar-refractivity contribution in [3.63, 3.8) is 0 Å². The molecular weight excluding hydrogens is 452 g/mol. The Morgan fingerprint density at radius 3 is 2.97 bits per heavy atom. The van der Waals surface area contributed by atoms with E-state index in [2.05, 4.69) is 22.4 Å². The Morgan fingerprint density at radius 2 is 2.17 bits per heavy atom. The Kier molecular flexibility index (Phi) is 5.42. The van der Waals surface area contributed by atoms with Gasteiger partial charge in [0, 0.05) is 25.2 Å². The average Bonchev–Trinajstić information content (AvgIpc) is 3.48. The van der Waals surface area contributed by atoms with Crippen LogP contribution in [0.2, 0.25) is 0 Å². The van der Waals surface area contributed by atoms with E-state index in [1.807, 2.05) is 49.4 Å². The molecule has 2 atom stereocenters. The number of para-hydroxylation sites is 1. The monoisotopic (exact) mass is 480 g/mol. The molecule has 3 heterocycles. The first-order chi connectivity index (χ1) is 17.5. The molecule has 2 aliphatic heterocycles. The van der Waals surface area contributed by atoms with Gasteiger partial charge in [-0.2, -0.15) is 5.26 Å². The van der Waals surface area contributed by atoms with Gasteiger partial charge in [-0.25, -0.2) is 4.98 Å². The Labute approximate surface area is 210 Å². The number of hydrogen-bond acceptors (Lipinski definition) is 6. The molecule has 2 aromatic carbocycles. The first-order valence-electron chi connectivity index (χ1n) is 12.4. The fourth-order valence-corrected chi connectivity index (χ4v) is 5.79. The van der Waals surface area contributed by atoms with Gasteiger partial charge in [0.1, 0.15) is 18.2 Å². The molecule has 0 radical (unpaired) electrons. The van der Waals surface area contributed by atoms with Crippen molar-refractivity contribution in [2.45, 2.75) is 32.9 Å². The first-order valence-corrected chi connectivity index (χ1v) is 12.4. The number of carbonyl (C=O) groups is 1. The van der Waals surface area contributed by atoms with Gasteiger partial charge in [0.05, 0.1) is 22.7 Å². The van der Waals surface area contributed by atoms with E-state index in [1.54, 1.807) is 0 Å². The lowest BCUT2D eigenvalue weighted by molar-refractivity contribution is -0.143. The number of nitrogens with one attached hydrogen (secondary N) is 1. The molecule has 3 aliphatic rings. The maximum atomic E-state index is 11.7. The van der Waals surface area contributed by atoms with E-state index in [-0.39, 0.29) is 5.92 Å². The van der Waals surface area contributed by atoms with Crippen molar-refractivity contribution in [1.29, 1.82) is 5.26 Å². The van der Waals surface area contributed by atoms with Crippen LogP contribution in [0.15, 0.2) is 48.5 Å². The predicted octanol–water partition coefficient (Wildman–Crippen LogP) is 4.06. The number of carboxylic acid groups (broad SMARTS) is 1.